The van der Waals surface area contributed by atoms with Gasteiger partial charge in [0.1, 0.15) is 0 Å². The first-order chi connectivity index (χ1) is 37.0. The third-order valence-corrected chi connectivity index (χ3v) is 16.3. The first kappa shape index (κ1) is 73.6. The van der Waals surface area contributed by atoms with Gasteiger partial charge in [-0.05, 0) is 32.1 Å². The number of hydrogen-bond acceptors (Lipinski definition) is 5. The Bertz CT molecular complexity index is 1130. The molecule has 0 saturated carbocycles. The van der Waals surface area contributed by atoms with Gasteiger partial charge in [0.05, 0.1) is 25.4 Å². The molecule has 1 amide bonds. The number of ether oxygens (including phenoxy) is 1. The zero-order chi connectivity index (χ0) is 54.3. The average molecular weight is 1060 g/mol. The lowest BCUT2D eigenvalue weighted by atomic mass is 10.0. The number of allylic oxidation sites excluding steroid dienone is 1. The summed E-state index contributed by atoms with van der Waals surface area (Å²) in [5, 5.41) is 23.0. The van der Waals surface area contributed by atoms with Crippen LogP contribution in [-0.4, -0.2) is 47.4 Å². The van der Waals surface area contributed by atoms with Crippen molar-refractivity contribution in [2.24, 2.45) is 0 Å². The van der Waals surface area contributed by atoms with Crippen LogP contribution in [0.3, 0.4) is 0 Å². The van der Waals surface area contributed by atoms with Crippen molar-refractivity contribution in [3.63, 3.8) is 0 Å². The summed E-state index contributed by atoms with van der Waals surface area (Å²) in [7, 11) is 0. The fourth-order valence-corrected chi connectivity index (χ4v) is 11.1. The molecule has 0 aromatic carbocycles. The Hall–Kier alpha value is -1.40. The first-order valence-electron chi connectivity index (χ1n) is 34.5. The smallest absolute Gasteiger partial charge is 0.305 e. The predicted octanol–water partition coefficient (Wildman–Crippen LogP) is 22.0. The lowest BCUT2D eigenvalue weighted by Crippen LogP contribution is -2.45. The number of hydrogen-bond donors (Lipinski definition) is 3. The van der Waals surface area contributed by atoms with E-state index in [9.17, 15) is 19.8 Å². The van der Waals surface area contributed by atoms with Crippen LogP contribution < -0.4 is 5.32 Å². The van der Waals surface area contributed by atoms with Gasteiger partial charge in [0.25, 0.3) is 0 Å². The highest BCUT2D eigenvalue weighted by Crippen LogP contribution is 2.19. The quantitative estimate of drug-likeness (QED) is 0.0320. The zero-order valence-electron chi connectivity index (χ0n) is 51.1. The van der Waals surface area contributed by atoms with Crippen molar-refractivity contribution >= 4 is 11.9 Å². The second kappa shape index (κ2) is 65.1. The molecule has 0 aliphatic heterocycles. The van der Waals surface area contributed by atoms with Gasteiger partial charge in [0.2, 0.25) is 5.91 Å². The normalized spacial score (nSPS) is 12.5. The number of carbonyl (C=O) groups excluding carboxylic acids is 2. The summed E-state index contributed by atoms with van der Waals surface area (Å²) in [6.07, 6.45) is 80.2. The highest BCUT2D eigenvalue weighted by Gasteiger charge is 2.18. The number of aliphatic hydroxyl groups is 2. The minimum absolute atomic E-state index is 0.0251. The number of nitrogens with one attached hydrogen (secondary N) is 1. The van der Waals surface area contributed by atoms with Crippen LogP contribution in [0.2, 0.25) is 0 Å². The molecule has 2 unspecified atom stereocenters. The lowest BCUT2D eigenvalue weighted by molar-refractivity contribution is -0.143. The molecule has 0 bridgehead atoms. The highest BCUT2D eigenvalue weighted by atomic mass is 16.5. The van der Waals surface area contributed by atoms with E-state index in [1.807, 2.05) is 6.08 Å². The van der Waals surface area contributed by atoms with Crippen molar-refractivity contribution in [2.45, 2.75) is 405 Å². The molecule has 0 spiro atoms. The third-order valence-electron chi connectivity index (χ3n) is 16.3. The number of amides is 1. The molecule has 3 N–H and O–H groups in total. The SMILES string of the molecule is CCCCCCCCCC/C=C/C(O)C(CO)NC(=O)CCCCCCCCCCCCCCCCCCCCCCCCCCCCCCCCCOC(=O)CCCCCCCCCCCCCCCCCCC. The van der Waals surface area contributed by atoms with E-state index in [0.717, 1.165) is 38.5 Å². The van der Waals surface area contributed by atoms with E-state index in [1.54, 1.807) is 6.08 Å². The van der Waals surface area contributed by atoms with Crippen molar-refractivity contribution < 1.29 is 24.5 Å². The van der Waals surface area contributed by atoms with Crippen molar-refractivity contribution in [3.05, 3.63) is 12.2 Å². The van der Waals surface area contributed by atoms with Crippen LogP contribution in [0.1, 0.15) is 393 Å². The molecule has 6 heteroatoms. The van der Waals surface area contributed by atoms with Crippen molar-refractivity contribution in [1.29, 1.82) is 0 Å². The van der Waals surface area contributed by atoms with Crippen LogP contribution >= 0.6 is 0 Å². The summed E-state index contributed by atoms with van der Waals surface area (Å²) in [4.78, 5) is 24.5. The summed E-state index contributed by atoms with van der Waals surface area (Å²) in [5.41, 5.74) is 0. The average Bonchev–Trinajstić information content (AvgIpc) is 3.41. The maximum atomic E-state index is 12.4. The number of esters is 1. The lowest BCUT2D eigenvalue weighted by Gasteiger charge is -2.20. The minimum Gasteiger partial charge on any atom is -0.466 e. The number of unbranched alkanes of at least 4 members (excludes halogenated alkanes) is 54. The molecule has 2 atom stereocenters. The topological polar surface area (TPSA) is 95.9 Å². The van der Waals surface area contributed by atoms with Gasteiger partial charge < -0.3 is 20.3 Å². The monoisotopic (exact) mass is 1060 g/mol. The molecule has 0 heterocycles. The van der Waals surface area contributed by atoms with Gasteiger partial charge in [-0.3, -0.25) is 9.59 Å². The molecule has 0 aromatic rings. The summed E-state index contributed by atoms with van der Waals surface area (Å²) in [5.74, 6) is -0.0387. The fraction of sp³-hybridized carbons (Fsp3) is 0.942. The second-order valence-electron chi connectivity index (χ2n) is 23.9. The van der Waals surface area contributed by atoms with E-state index in [1.165, 1.54) is 327 Å². The Morgan fingerprint density at radius 2 is 0.613 bits per heavy atom. The van der Waals surface area contributed by atoms with Crippen LogP contribution in [0, 0.1) is 0 Å². The van der Waals surface area contributed by atoms with Crippen LogP contribution in [0.5, 0.6) is 0 Å². The first-order valence-corrected chi connectivity index (χ1v) is 34.5. The molecule has 6 nitrogen and oxygen atoms in total. The molecule has 0 fully saturated rings. The molecule has 0 aliphatic rings. The number of aliphatic hydroxyl groups excluding tert-OH is 2. The van der Waals surface area contributed by atoms with Gasteiger partial charge >= 0.3 is 5.97 Å². The standard InChI is InChI=1S/C69H135NO5/c1-3-5-7-9-11-13-15-16-17-33-37-40-43-47-51-55-59-63-69(74)75-64-60-56-52-48-44-41-38-35-32-30-28-26-24-22-20-18-19-21-23-25-27-29-31-34-36-39-42-46-50-54-58-62-68(73)70-66(65-71)67(72)61-57-53-49-45-14-12-10-8-6-4-2/h57,61,66-67,71-72H,3-56,58-60,62-65H2,1-2H3,(H,70,73)/b61-57+. The van der Waals surface area contributed by atoms with Crippen LogP contribution in [-0.2, 0) is 14.3 Å². The number of carbonyl (C=O) groups is 2. The Labute approximate surface area is 469 Å². The van der Waals surface area contributed by atoms with E-state index < -0.39 is 12.1 Å². The van der Waals surface area contributed by atoms with Crippen LogP contribution in [0.4, 0.5) is 0 Å². The predicted molar refractivity (Wildman–Crippen MR) is 329 cm³/mol. The van der Waals surface area contributed by atoms with Gasteiger partial charge in [-0.2, -0.15) is 0 Å². The largest absolute Gasteiger partial charge is 0.466 e. The molecule has 0 rings (SSSR count). The van der Waals surface area contributed by atoms with Gasteiger partial charge in [0, 0.05) is 12.8 Å². The van der Waals surface area contributed by atoms with E-state index >= 15 is 0 Å². The Kier molecular flexibility index (Phi) is 63.9. The van der Waals surface area contributed by atoms with Crippen LogP contribution in [0.15, 0.2) is 12.2 Å². The maximum absolute atomic E-state index is 12.4. The molecular formula is C69H135NO5. The Morgan fingerprint density at radius 1 is 0.360 bits per heavy atom. The van der Waals surface area contributed by atoms with Crippen molar-refractivity contribution in [1.82, 2.24) is 5.32 Å². The van der Waals surface area contributed by atoms with Crippen molar-refractivity contribution in [2.75, 3.05) is 13.2 Å². The number of rotatable bonds is 65. The zero-order valence-corrected chi connectivity index (χ0v) is 51.1. The highest BCUT2D eigenvalue weighted by molar-refractivity contribution is 5.76. The maximum Gasteiger partial charge on any atom is 0.305 e. The molecule has 0 radical (unpaired) electrons. The summed E-state index contributed by atoms with van der Waals surface area (Å²) in [6.45, 7) is 4.92. The second-order valence-corrected chi connectivity index (χ2v) is 23.9. The van der Waals surface area contributed by atoms with Crippen LogP contribution in [0.25, 0.3) is 0 Å². The molecule has 75 heavy (non-hydrogen) atoms. The third kappa shape index (κ3) is 61.7. The summed E-state index contributed by atoms with van der Waals surface area (Å²) in [6, 6.07) is -0.622. The van der Waals surface area contributed by atoms with Gasteiger partial charge in [-0.1, -0.05) is 360 Å². The van der Waals surface area contributed by atoms with E-state index in [0.29, 0.717) is 19.4 Å². The van der Waals surface area contributed by atoms with Crippen molar-refractivity contribution in [3.8, 4) is 0 Å². The van der Waals surface area contributed by atoms with E-state index in [-0.39, 0.29) is 18.5 Å². The van der Waals surface area contributed by atoms with E-state index in [2.05, 4.69) is 19.2 Å². The fourth-order valence-electron chi connectivity index (χ4n) is 11.1. The van der Waals surface area contributed by atoms with Gasteiger partial charge in [-0.25, -0.2) is 0 Å². The Morgan fingerprint density at radius 3 is 0.907 bits per heavy atom. The Balaban J connectivity index is 3.29. The van der Waals surface area contributed by atoms with Gasteiger partial charge in [0.15, 0.2) is 0 Å². The molecule has 0 aromatic heterocycles. The molecule has 0 aliphatic carbocycles. The molecule has 446 valence electrons. The van der Waals surface area contributed by atoms with E-state index in [4.69, 9.17) is 4.74 Å². The minimum atomic E-state index is -0.839. The van der Waals surface area contributed by atoms with Gasteiger partial charge in [-0.15, -0.1) is 0 Å². The summed E-state index contributed by atoms with van der Waals surface area (Å²) < 4.78 is 5.51. The summed E-state index contributed by atoms with van der Waals surface area (Å²) >= 11 is 0. The molecular weight excluding hydrogens is 923 g/mol. The molecule has 0 saturated heterocycles.